The summed E-state index contributed by atoms with van der Waals surface area (Å²) in [5.41, 5.74) is 0.625. The van der Waals surface area contributed by atoms with E-state index in [4.69, 9.17) is 0 Å². The molecule has 56 heavy (non-hydrogen) atoms. The van der Waals surface area contributed by atoms with Crippen molar-refractivity contribution in [2.45, 2.75) is 332 Å². The minimum atomic E-state index is 0.625. The molecule has 1 unspecified atom stereocenters. The monoisotopic (exact) mass is 799 g/mol. The summed E-state index contributed by atoms with van der Waals surface area (Å²) in [6, 6.07) is 0. The molecule has 0 fully saturated rings. The van der Waals surface area contributed by atoms with Gasteiger partial charge in [0.2, 0.25) is 0 Å². The first-order valence-corrected chi connectivity index (χ1v) is 26.8. The first kappa shape index (κ1) is 70.6. The maximum atomic E-state index is 2.35. The molecule has 0 saturated heterocycles. The fourth-order valence-electron chi connectivity index (χ4n) is 6.81. The summed E-state index contributed by atoms with van der Waals surface area (Å²) in [5.74, 6) is 4.92. The van der Waals surface area contributed by atoms with Gasteiger partial charge in [-0.05, 0) is 35.0 Å². The van der Waals surface area contributed by atoms with Gasteiger partial charge in [0.05, 0.1) is 0 Å². The largest absolute Gasteiger partial charge is 0.0654 e. The molecule has 0 aromatic rings. The molecule has 0 nitrogen and oxygen atoms in total. The van der Waals surface area contributed by atoms with Crippen molar-refractivity contribution < 1.29 is 0 Å². The predicted octanol–water partition coefficient (Wildman–Crippen LogP) is 22.7. The second-order valence-corrected chi connectivity index (χ2v) is 18.0. The Kier molecular flexibility index (Phi) is 80.8. The quantitative estimate of drug-likeness (QED) is 0.0692. The van der Waals surface area contributed by atoms with Gasteiger partial charge in [-0.25, -0.2) is 0 Å². The smallest absolute Gasteiger partial charge is 0.0334 e. The lowest BCUT2D eigenvalue weighted by Crippen LogP contribution is -2.10. The van der Waals surface area contributed by atoms with Crippen LogP contribution in [0.2, 0.25) is 0 Å². The third-order valence-corrected chi connectivity index (χ3v) is 12.9. The fourth-order valence-corrected chi connectivity index (χ4v) is 6.81. The van der Waals surface area contributed by atoms with E-state index in [-0.39, 0.29) is 0 Å². The first-order chi connectivity index (χ1) is 26.8. The number of unbranched alkanes of at least 4 members (excludes halogenated alkanes) is 6. The minimum Gasteiger partial charge on any atom is -0.0654 e. The maximum Gasteiger partial charge on any atom is -0.0334 e. The Bertz CT molecular complexity index is 493. The van der Waals surface area contributed by atoms with Gasteiger partial charge >= 0.3 is 0 Å². The van der Waals surface area contributed by atoms with Crippen LogP contribution in [-0.4, -0.2) is 0 Å². The molecule has 0 aliphatic rings. The highest BCUT2D eigenvalue weighted by Gasteiger charge is 2.15. The zero-order chi connectivity index (χ0) is 44.9. The molecule has 0 radical (unpaired) electrons. The SMILES string of the molecule is CCC(C)(CC)CC.CCCC(C)CCC.CCCC(CC)CC.CCCC(CC)CC.CCCC(CC)CC.CCCCC(C)CC.CCCCCCCC. The van der Waals surface area contributed by atoms with E-state index < -0.39 is 0 Å². The molecule has 0 N–H and O–H groups in total. The van der Waals surface area contributed by atoms with Crippen molar-refractivity contribution in [2.24, 2.45) is 35.0 Å². The Hall–Kier alpha value is 0. The van der Waals surface area contributed by atoms with Crippen LogP contribution in [0, 0.1) is 35.0 Å². The van der Waals surface area contributed by atoms with E-state index >= 15 is 0 Å². The summed E-state index contributed by atoms with van der Waals surface area (Å²) in [4.78, 5) is 0. The van der Waals surface area contributed by atoms with Crippen LogP contribution in [-0.2, 0) is 0 Å². The molecular formula is C56H126. The minimum absolute atomic E-state index is 0.625. The highest BCUT2D eigenvalue weighted by atomic mass is 14.2. The fraction of sp³-hybridized carbons (Fsp3) is 1.00. The van der Waals surface area contributed by atoms with E-state index in [1.54, 1.807) is 0 Å². The van der Waals surface area contributed by atoms with Crippen molar-refractivity contribution in [3.63, 3.8) is 0 Å². The molecule has 0 amide bonds. The molecule has 0 spiro atoms. The van der Waals surface area contributed by atoms with Crippen molar-refractivity contribution in [1.82, 2.24) is 0 Å². The normalized spacial score (nSPS) is 11.1. The van der Waals surface area contributed by atoms with Crippen molar-refractivity contribution in [2.75, 3.05) is 0 Å². The molecular weight excluding hydrogens is 673 g/mol. The Morgan fingerprint density at radius 1 is 0.268 bits per heavy atom. The van der Waals surface area contributed by atoms with Crippen molar-refractivity contribution in [3.8, 4) is 0 Å². The second kappa shape index (κ2) is 64.2. The van der Waals surface area contributed by atoms with Gasteiger partial charge in [-0.3, -0.25) is 0 Å². The average molecular weight is 800 g/mol. The molecule has 0 heteroatoms. The molecule has 0 bridgehead atoms. The number of hydrogen-bond donors (Lipinski definition) is 0. The van der Waals surface area contributed by atoms with Crippen LogP contribution < -0.4 is 0 Å². The topological polar surface area (TPSA) is 0 Å². The number of hydrogen-bond acceptors (Lipinski definition) is 0. The lowest BCUT2D eigenvalue weighted by molar-refractivity contribution is 0.286. The van der Waals surface area contributed by atoms with Gasteiger partial charge in [0, 0.05) is 0 Å². The molecule has 0 heterocycles. The van der Waals surface area contributed by atoms with Gasteiger partial charge < -0.3 is 0 Å². The lowest BCUT2D eigenvalue weighted by atomic mass is 9.82. The van der Waals surface area contributed by atoms with Crippen LogP contribution in [0.25, 0.3) is 0 Å². The van der Waals surface area contributed by atoms with Crippen molar-refractivity contribution >= 4 is 0 Å². The van der Waals surface area contributed by atoms with Gasteiger partial charge in [-0.15, -0.1) is 0 Å². The second-order valence-electron chi connectivity index (χ2n) is 18.0. The lowest BCUT2D eigenvalue weighted by Gasteiger charge is -2.23. The molecule has 0 aliphatic carbocycles. The van der Waals surface area contributed by atoms with Gasteiger partial charge in [0.15, 0.2) is 0 Å². The van der Waals surface area contributed by atoms with Gasteiger partial charge in [0.1, 0.15) is 0 Å². The summed E-state index contributed by atoms with van der Waals surface area (Å²) in [6.45, 7) is 47.9. The van der Waals surface area contributed by atoms with Crippen molar-refractivity contribution in [1.29, 1.82) is 0 Å². The Balaban J connectivity index is -0.000000100. The molecule has 0 aliphatic heterocycles. The molecule has 1 atom stereocenters. The standard InChI is InChI=1S/7C8H18/c1-5-8(4,6-2)7-3;1-4-6-7-8(3)5-2;1-4-6-8(3)7-5-2;3*1-4-7-8(5-2)6-3;1-3-5-7-8-6-4-2/h5-7H2,1-4H3;5*8H,4-7H2,1-3H3;3-8H2,1-2H3. The van der Waals surface area contributed by atoms with Crippen LogP contribution in [0.1, 0.15) is 332 Å². The van der Waals surface area contributed by atoms with Gasteiger partial charge in [-0.1, -0.05) is 332 Å². The zero-order valence-corrected chi connectivity index (χ0v) is 44.9. The highest BCUT2D eigenvalue weighted by molar-refractivity contribution is 4.67. The van der Waals surface area contributed by atoms with Crippen LogP contribution in [0.3, 0.4) is 0 Å². The van der Waals surface area contributed by atoms with E-state index in [1.807, 2.05) is 0 Å². The Morgan fingerprint density at radius 3 is 0.679 bits per heavy atom. The van der Waals surface area contributed by atoms with E-state index in [9.17, 15) is 0 Å². The third kappa shape index (κ3) is 68.7. The molecule has 0 rings (SSSR count). The zero-order valence-electron chi connectivity index (χ0n) is 44.9. The summed E-state index contributed by atoms with van der Waals surface area (Å²) < 4.78 is 0. The third-order valence-electron chi connectivity index (χ3n) is 12.9. The Morgan fingerprint density at radius 2 is 0.536 bits per heavy atom. The number of rotatable bonds is 28. The maximum absolute atomic E-state index is 2.35. The molecule has 350 valence electrons. The van der Waals surface area contributed by atoms with Gasteiger partial charge in [-0.2, -0.15) is 0 Å². The molecule has 0 aromatic heterocycles. The van der Waals surface area contributed by atoms with Crippen molar-refractivity contribution in [3.05, 3.63) is 0 Å². The highest BCUT2D eigenvalue weighted by Crippen LogP contribution is 2.28. The van der Waals surface area contributed by atoms with E-state index in [0.29, 0.717) is 5.41 Å². The summed E-state index contributed by atoms with van der Waals surface area (Å²) in [6.07, 6.45) is 40.0. The molecule has 0 saturated carbocycles. The van der Waals surface area contributed by atoms with Crippen LogP contribution in [0.15, 0.2) is 0 Å². The van der Waals surface area contributed by atoms with E-state index in [1.165, 1.54) is 186 Å². The predicted molar refractivity (Wildman–Crippen MR) is 273 cm³/mol. The van der Waals surface area contributed by atoms with E-state index in [0.717, 1.165) is 29.6 Å². The summed E-state index contributed by atoms with van der Waals surface area (Å²) in [5, 5.41) is 0. The summed E-state index contributed by atoms with van der Waals surface area (Å²) in [7, 11) is 0. The average Bonchev–Trinajstić information content (AvgIpc) is 3.23. The molecule has 0 aromatic carbocycles. The van der Waals surface area contributed by atoms with Crippen LogP contribution in [0.5, 0.6) is 0 Å². The van der Waals surface area contributed by atoms with E-state index in [2.05, 4.69) is 145 Å². The first-order valence-electron chi connectivity index (χ1n) is 26.8. The Labute approximate surface area is 365 Å². The van der Waals surface area contributed by atoms with Gasteiger partial charge in [0.25, 0.3) is 0 Å². The summed E-state index contributed by atoms with van der Waals surface area (Å²) >= 11 is 0. The van der Waals surface area contributed by atoms with Crippen LogP contribution >= 0.6 is 0 Å². The van der Waals surface area contributed by atoms with Crippen LogP contribution in [0.4, 0.5) is 0 Å².